The van der Waals surface area contributed by atoms with Crippen LogP contribution in [0, 0.1) is 0 Å². The Hall–Kier alpha value is -1.71. The maximum Gasteiger partial charge on any atom is 0.219 e. The van der Waals surface area contributed by atoms with Gasteiger partial charge in [0.25, 0.3) is 0 Å². The first-order valence-corrected chi connectivity index (χ1v) is 10.4. The zero-order chi connectivity index (χ0) is 18.9. The molecule has 0 aromatic carbocycles. The molecule has 1 aromatic heterocycles. The van der Waals surface area contributed by atoms with Gasteiger partial charge in [0.05, 0.1) is 0 Å². The molecule has 0 amide bonds. The fourth-order valence-electron chi connectivity index (χ4n) is 3.08. The van der Waals surface area contributed by atoms with E-state index in [9.17, 15) is 0 Å². The van der Waals surface area contributed by atoms with Gasteiger partial charge in [-0.25, -0.2) is 4.98 Å². The zero-order valence-corrected chi connectivity index (χ0v) is 16.5. The summed E-state index contributed by atoms with van der Waals surface area (Å²) >= 11 is 0. The van der Waals surface area contributed by atoms with Gasteiger partial charge in [0.15, 0.2) is 5.42 Å². The second-order valence-electron chi connectivity index (χ2n) is 6.99. The Balaban J connectivity index is 1.94. The quantitative estimate of drug-likeness (QED) is 0.389. The molecule has 0 saturated heterocycles. The van der Waals surface area contributed by atoms with Crippen molar-refractivity contribution in [2.75, 3.05) is 0 Å². The lowest BCUT2D eigenvalue weighted by atomic mass is 10.0. The molecule has 2 N–H and O–H groups in total. The van der Waals surface area contributed by atoms with Crippen molar-refractivity contribution in [2.24, 2.45) is 0 Å². The summed E-state index contributed by atoms with van der Waals surface area (Å²) in [4.78, 5) is 4.05. The van der Waals surface area contributed by atoms with Crippen molar-refractivity contribution in [2.45, 2.75) is 96.8 Å². The van der Waals surface area contributed by atoms with Crippen LogP contribution in [0.5, 0.6) is 0 Å². The number of aliphatic hydroxyl groups is 2. The molecule has 0 unspecified atom stereocenters. The first kappa shape index (κ1) is 22.3. The molecule has 0 aliphatic rings. The highest BCUT2D eigenvalue weighted by Gasteiger charge is 1.98. The summed E-state index contributed by atoms with van der Waals surface area (Å²) in [5.74, 6) is 0.403. The van der Waals surface area contributed by atoms with E-state index in [2.05, 4.69) is 11.9 Å². The Morgan fingerprint density at radius 3 is 1.77 bits per heavy atom. The molecule has 0 aliphatic carbocycles. The Labute approximate surface area is 158 Å². The van der Waals surface area contributed by atoms with Gasteiger partial charge in [-0.05, 0) is 18.9 Å². The topological polar surface area (TPSA) is 66.5 Å². The standard InChI is InChI=1S/C22H37NO3/c1-2-3-4-5-6-7-8-9-10-11-12-13-14-15-16-17-22-23-20(18-24)21(19-25)26-22/h16-19,24-25H,2-15H2,1H3. The fourth-order valence-corrected chi connectivity index (χ4v) is 3.08. The van der Waals surface area contributed by atoms with Crippen LogP contribution < -0.4 is 10.8 Å². The van der Waals surface area contributed by atoms with Gasteiger partial charge in [-0.1, -0.05) is 90.0 Å². The monoisotopic (exact) mass is 363 g/mol. The van der Waals surface area contributed by atoms with Gasteiger partial charge in [0, 0.05) is 0 Å². The molecule has 26 heavy (non-hydrogen) atoms. The second kappa shape index (κ2) is 15.5. The third-order valence-electron chi connectivity index (χ3n) is 4.67. The van der Waals surface area contributed by atoms with Crippen LogP contribution in [0.15, 0.2) is 10.5 Å². The summed E-state index contributed by atoms with van der Waals surface area (Å²) < 4.78 is 5.28. The number of aromatic nitrogens is 1. The van der Waals surface area contributed by atoms with E-state index in [0.29, 0.717) is 5.89 Å². The maximum atomic E-state index is 8.96. The summed E-state index contributed by atoms with van der Waals surface area (Å²) in [7, 11) is 0. The van der Waals surface area contributed by atoms with E-state index in [1.807, 2.05) is 6.08 Å². The van der Waals surface area contributed by atoms with Crippen molar-refractivity contribution in [3.05, 3.63) is 22.7 Å². The minimum atomic E-state index is 0.174. The third kappa shape index (κ3) is 10.3. The molecule has 0 spiro atoms. The predicted octanol–water partition coefficient (Wildman–Crippen LogP) is 5.76. The number of hydrogen-bond acceptors (Lipinski definition) is 4. The molecule has 4 heteroatoms. The Kier molecular flexibility index (Phi) is 13.3. The highest BCUT2D eigenvalue weighted by atomic mass is 16.4. The van der Waals surface area contributed by atoms with E-state index < -0.39 is 0 Å². The maximum absolute atomic E-state index is 8.96. The summed E-state index contributed by atoms with van der Waals surface area (Å²) in [5, 5.41) is 18.2. The van der Waals surface area contributed by atoms with Crippen LogP contribution in [0.1, 0.15) is 103 Å². The number of allylic oxidation sites excluding steroid dienone is 1. The van der Waals surface area contributed by atoms with Gasteiger partial charge in [0.2, 0.25) is 5.89 Å². The first-order chi connectivity index (χ1) is 12.8. The van der Waals surface area contributed by atoms with Crippen LogP contribution in [0.3, 0.4) is 0 Å². The average molecular weight is 364 g/mol. The molecule has 1 rings (SSSR count). The van der Waals surface area contributed by atoms with Crippen molar-refractivity contribution in [1.29, 1.82) is 0 Å². The van der Waals surface area contributed by atoms with Gasteiger partial charge >= 0.3 is 0 Å². The molecule has 148 valence electrons. The number of rotatable bonds is 15. The molecule has 0 bridgehead atoms. The van der Waals surface area contributed by atoms with Gasteiger partial charge in [-0.3, -0.25) is 0 Å². The summed E-state index contributed by atoms with van der Waals surface area (Å²) in [6.45, 7) is 2.27. The lowest BCUT2D eigenvalue weighted by Gasteiger charge is -2.02. The SMILES string of the molecule is CCCCCCCCCCCCCCCC=Cc1nc(=CO)c(=CO)o1. The minimum absolute atomic E-state index is 0.174. The second-order valence-corrected chi connectivity index (χ2v) is 6.99. The van der Waals surface area contributed by atoms with Crippen LogP contribution in [-0.2, 0) is 0 Å². The molecule has 1 heterocycles. The first-order valence-electron chi connectivity index (χ1n) is 10.4. The Bertz CT molecular complexity index is 558. The predicted molar refractivity (Wildman–Crippen MR) is 109 cm³/mol. The van der Waals surface area contributed by atoms with E-state index in [-0.39, 0.29) is 10.8 Å². The highest BCUT2D eigenvalue weighted by Crippen LogP contribution is 2.13. The van der Waals surface area contributed by atoms with E-state index in [0.717, 1.165) is 18.9 Å². The molecule has 1 aromatic rings. The molecule has 0 fully saturated rings. The lowest BCUT2D eigenvalue weighted by molar-refractivity contribution is 0.470. The summed E-state index contributed by atoms with van der Waals surface area (Å²) in [5.41, 5.74) is 0.174. The number of unbranched alkanes of at least 4 members (excludes halogenated alkanes) is 13. The summed E-state index contributed by atoms with van der Waals surface area (Å²) in [6.07, 6.45) is 24.2. The van der Waals surface area contributed by atoms with Crippen molar-refractivity contribution in [3.63, 3.8) is 0 Å². The van der Waals surface area contributed by atoms with Gasteiger partial charge in [-0.2, -0.15) is 0 Å². The van der Waals surface area contributed by atoms with Crippen LogP contribution in [-0.4, -0.2) is 15.2 Å². The van der Waals surface area contributed by atoms with Crippen LogP contribution >= 0.6 is 0 Å². The van der Waals surface area contributed by atoms with E-state index in [1.54, 1.807) is 6.08 Å². The fraction of sp³-hybridized carbons (Fsp3) is 0.682. The molecular weight excluding hydrogens is 326 g/mol. The lowest BCUT2D eigenvalue weighted by Crippen LogP contribution is -2.21. The van der Waals surface area contributed by atoms with Gasteiger partial charge < -0.3 is 14.6 Å². The molecule has 0 saturated carbocycles. The van der Waals surface area contributed by atoms with Crippen LogP contribution in [0.4, 0.5) is 0 Å². The normalized spacial score (nSPS) is 13.3. The van der Waals surface area contributed by atoms with Crippen molar-refractivity contribution < 1.29 is 14.6 Å². The molecule has 0 aliphatic heterocycles. The molecule has 0 radical (unpaired) electrons. The number of oxazole rings is 1. The van der Waals surface area contributed by atoms with Crippen LogP contribution in [0.25, 0.3) is 18.6 Å². The largest absolute Gasteiger partial charge is 0.513 e. The Morgan fingerprint density at radius 1 is 0.769 bits per heavy atom. The van der Waals surface area contributed by atoms with Crippen molar-refractivity contribution in [1.82, 2.24) is 4.98 Å². The van der Waals surface area contributed by atoms with Gasteiger partial charge in [0.1, 0.15) is 17.9 Å². The Morgan fingerprint density at radius 2 is 1.31 bits per heavy atom. The summed E-state index contributed by atoms with van der Waals surface area (Å²) in [6, 6.07) is 0. The van der Waals surface area contributed by atoms with Gasteiger partial charge in [-0.15, -0.1) is 0 Å². The average Bonchev–Trinajstić information content (AvgIpc) is 3.07. The molecular formula is C22H37NO3. The molecule has 4 nitrogen and oxygen atoms in total. The number of hydrogen-bond donors (Lipinski definition) is 2. The smallest absolute Gasteiger partial charge is 0.219 e. The third-order valence-corrected chi connectivity index (χ3v) is 4.67. The van der Waals surface area contributed by atoms with Crippen molar-refractivity contribution >= 4 is 18.6 Å². The number of aliphatic hydroxyl groups excluding tert-OH is 2. The number of nitrogens with zero attached hydrogens (tertiary/aromatic N) is 1. The highest BCUT2D eigenvalue weighted by molar-refractivity contribution is 5.37. The van der Waals surface area contributed by atoms with Crippen LogP contribution in [0.2, 0.25) is 0 Å². The van der Waals surface area contributed by atoms with E-state index >= 15 is 0 Å². The zero-order valence-electron chi connectivity index (χ0n) is 16.5. The van der Waals surface area contributed by atoms with Crippen molar-refractivity contribution in [3.8, 4) is 0 Å². The molecule has 0 atom stereocenters. The van der Waals surface area contributed by atoms with E-state index in [4.69, 9.17) is 14.6 Å². The minimum Gasteiger partial charge on any atom is -0.513 e. The van der Waals surface area contributed by atoms with E-state index in [1.165, 1.54) is 83.5 Å².